The van der Waals surface area contributed by atoms with Gasteiger partial charge in [-0.2, -0.15) is 13.2 Å². The highest BCUT2D eigenvalue weighted by molar-refractivity contribution is 5.73. The standard InChI is InChI=1S/C29H37F4N3O3/c1-17(37)36-23(12-18-6-7-21(22(30)11-18)29(31,32)33)25(38)16-34-24-14-28(8-5-9-28)39-26-20(24)10-19(15-35-26)13-27(2,3)4/h6-7,10-11,15,23-25,34,38H,5,8-9,12-14,16H2,1-4H3,(H,36,37)/t23-,24+,25-/m1/s1. The van der Waals surface area contributed by atoms with Crippen LogP contribution in [0.4, 0.5) is 17.6 Å². The van der Waals surface area contributed by atoms with Gasteiger partial charge in [-0.05, 0) is 66.8 Å². The first-order chi connectivity index (χ1) is 18.1. The monoisotopic (exact) mass is 551 g/mol. The zero-order chi connectivity index (χ0) is 28.6. The number of hydrogen-bond acceptors (Lipinski definition) is 5. The highest BCUT2D eigenvalue weighted by atomic mass is 19.4. The number of fused-ring (bicyclic) bond motifs is 1. The quantitative estimate of drug-likeness (QED) is 0.390. The van der Waals surface area contributed by atoms with Crippen molar-refractivity contribution in [2.45, 2.75) is 96.2 Å². The lowest BCUT2D eigenvalue weighted by Crippen LogP contribution is -2.52. The number of aliphatic hydroxyl groups is 1. The number of aromatic nitrogens is 1. The maximum Gasteiger partial charge on any atom is 0.419 e. The molecule has 1 aliphatic carbocycles. The van der Waals surface area contributed by atoms with Crippen LogP contribution in [0.2, 0.25) is 0 Å². The number of aliphatic hydroxyl groups excluding tert-OH is 1. The van der Waals surface area contributed by atoms with Crippen molar-refractivity contribution in [2.75, 3.05) is 6.54 Å². The van der Waals surface area contributed by atoms with Crippen LogP contribution in [-0.2, 0) is 23.8 Å². The summed E-state index contributed by atoms with van der Waals surface area (Å²) in [7, 11) is 0. The highest BCUT2D eigenvalue weighted by Crippen LogP contribution is 2.48. The molecule has 0 bridgehead atoms. The molecular weight excluding hydrogens is 514 g/mol. The molecule has 4 rings (SSSR count). The molecule has 3 N–H and O–H groups in total. The molecule has 1 spiro atoms. The van der Waals surface area contributed by atoms with E-state index in [-0.39, 0.29) is 35.6 Å². The van der Waals surface area contributed by atoms with Crippen LogP contribution < -0.4 is 15.4 Å². The van der Waals surface area contributed by atoms with Crippen molar-refractivity contribution in [3.8, 4) is 5.88 Å². The number of ether oxygens (including phenoxy) is 1. The van der Waals surface area contributed by atoms with Crippen LogP contribution >= 0.6 is 0 Å². The zero-order valence-electron chi connectivity index (χ0n) is 22.8. The maximum atomic E-state index is 14.1. The van der Waals surface area contributed by atoms with E-state index >= 15 is 0 Å². The third kappa shape index (κ3) is 7.28. The Morgan fingerprint density at radius 3 is 2.49 bits per heavy atom. The van der Waals surface area contributed by atoms with Crippen molar-refractivity contribution in [3.05, 3.63) is 58.5 Å². The van der Waals surface area contributed by atoms with E-state index < -0.39 is 35.6 Å². The van der Waals surface area contributed by atoms with Gasteiger partial charge in [0.25, 0.3) is 0 Å². The number of benzene rings is 1. The lowest BCUT2D eigenvalue weighted by atomic mass is 9.73. The van der Waals surface area contributed by atoms with Crippen LogP contribution in [0.1, 0.15) is 81.7 Å². The van der Waals surface area contributed by atoms with Gasteiger partial charge in [0.15, 0.2) is 0 Å². The molecule has 0 unspecified atom stereocenters. The molecule has 1 fully saturated rings. The number of halogens is 4. The van der Waals surface area contributed by atoms with E-state index in [1.54, 1.807) is 0 Å². The van der Waals surface area contributed by atoms with E-state index in [1.807, 2.05) is 6.20 Å². The molecule has 1 aliphatic heterocycles. The van der Waals surface area contributed by atoms with Gasteiger partial charge in [-0.1, -0.05) is 26.8 Å². The SMILES string of the molecule is CC(=O)N[C@H](Cc1ccc(C(F)(F)F)c(F)c1)[C@H](O)CN[C@H]1CC2(CCC2)Oc2ncc(CC(C)(C)C)cc21. The normalized spacial score (nSPS) is 20.0. The molecule has 1 saturated carbocycles. The second-order valence-electron chi connectivity index (χ2n) is 12.2. The first-order valence-electron chi connectivity index (χ1n) is 13.4. The number of amides is 1. The van der Waals surface area contributed by atoms with E-state index in [1.165, 1.54) is 13.0 Å². The summed E-state index contributed by atoms with van der Waals surface area (Å²) in [5, 5.41) is 17.2. The molecule has 2 aliphatic rings. The Balaban J connectivity index is 1.50. The van der Waals surface area contributed by atoms with Gasteiger partial charge in [0.05, 0.1) is 17.7 Å². The number of carbonyl (C=O) groups is 1. The van der Waals surface area contributed by atoms with Gasteiger partial charge in [0, 0.05) is 37.7 Å². The van der Waals surface area contributed by atoms with Crippen LogP contribution in [0.5, 0.6) is 5.88 Å². The van der Waals surface area contributed by atoms with Gasteiger partial charge in [-0.25, -0.2) is 9.37 Å². The summed E-state index contributed by atoms with van der Waals surface area (Å²) >= 11 is 0. The number of nitrogens with one attached hydrogen (secondary N) is 2. The minimum atomic E-state index is -4.80. The van der Waals surface area contributed by atoms with E-state index in [9.17, 15) is 27.5 Å². The molecule has 1 amide bonds. The molecule has 214 valence electrons. The minimum Gasteiger partial charge on any atom is -0.471 e. The van der Waals surface area contributed by atoms with Gasteiger partial charge in [0.2, 0.25) is 11.8 Å². The average molecular weight is 552 g/mol. The summed E-state index contributed by atoms with van der Waals surface area (Å²) in [4.78, 5) is 16.5. The number of alkyl halides is 3. The number of hydrogen-bond donors (Lipinski definition) is 3. The summed E-state index contributed by atoms with van der Waals surface area (Å²) < 4.78 is 59.3. The van der Waals surface area contributed by atoms with Gasteiger partial charge in [-0.15, -0.1) is 0 Å². The zero-order valence-corrected chi connectivity index (χ0v) is 22.8. The van der Waals surface area contributed by atoms with Crippen molar-refractivity contribution < 1.29 is 32.2 Å². The molecule has 6 nitrogen and oxygen atoms in total. The van der Waals surface area contributed by atoms with Crippen LogP contribution in [0, 0.1) is 11.2 Å². The Bertz CT molecular complexity index is 1190. The maximum absolute atomic E-state index is 14.1. The summed E-state index contributed by atoms with van der Waals surface area (Å²) in [6.45, 7) is 7.85. The molecule has 2 aromatic rings. The Morgan fingerprint density at radius 2 is 1.92 bits per heavy atom. The number of rotatable bonds is 8. The van der Waals surface area contributed by atoms with Crippen molar-refractivity contribution >= 4 is 5.91 Å². The topological polar surface area (TPSA) is 83.5 Å². The Morgan fingerprint density at radius 1 is 1.21 bits per heavy atom. The molecule has 0 saturated heterocycles. The van der Waals surface area contributed by atoms with Crippen molar-refractivity contribution in [1.82, 2.24) is 15.6 Å². The Kier molecular flexibility index (Phi) is 8.28. The third-order valence-electron chi connectivity index (χ3n) is 7.42. The molecule has 39 heavy (non-hydrogen) atoms. The smallest absolute Gasteiger partial charge is 0.419 e. The van der Waals surface area contributed by atoms with Gasteiger partial charge >= 0.3 is 6.18 Å². The van der Waals surface area contributed by atoms with Crippen LogP contribution in [0.25, 0.3) is 0 Å². The predicted octanol–water partition coefficient (Wildman–Crippen LogP) is 5.27. The Labute approximate surface area is 226 Å². The van der Waals surface area contributed by atoms with E-state index in [4.69, 9.17) is 4.74 Å². The van der Waals surface area contributed by atoms with Gasteiger partial charge in [0.1, 0.15) is 11.4 Å². The first kappa shape index (κ1) is 29.3. The largest absolute Gasteiger partial charge is 0.471 e. The molecule has 3 atom stereocenters. The van der Waals surface area contributed by atoms with Gasteiger partial charge < -0.3 is 20.5 Å². The fourth-order valence-corrected chi connectivity index (χ4v) is 5.47. The number of carbonyl (C=O) groups excluding carboxylic acids is 1. The number of nitrogens with zero attached hydrogens (tertiary/aromatic N) is 1. The molecule has 1 aromatic heterocycles. The molecule has 1 aromatic carbocycles. The van der Waals surface area contributed by atoms with Crippen molar-refractivity contribution in [1.29, 1.82) is 0 Å². The van der Waals surface area contributed by atoms with E-state index in [2.05, 4.69) is 42.5 Å². The van der Waals surface area contributed by atoms with Crippen molar-refractivity contribution in [2.24, 2.45) is 5.41 Å². The highest BCUT2D eigenvalue weighted by Gasteiger charge is 2.46. The molecule has 2 heterocycles. The summed E-state index contributed by atoms with van der Waals surface area (Å²) in [6.07, 6.45) is 0.383. The lowest BCUT2D eigenvalue weighted by molar-refractivity contribution is -0.140. The lowest BCUT2D eigenvalue weighted by Gasteiger charge is -2.47. The summed E-state index contributed by atoms with van der Waals surface area (Å²) in [5.41, 5.74) is 0.669. The molecular formula is C29H37F4N3O3. The second kappa shape index (κ2) is 11.0. The fraction of sp³-hybridized carbons (Fsp3) is 0.586. The summed E-state index contributed by atoms with van der Waals surface area (Å²) in [5.74, 6) is -1.21. The van der Waals surface area contributed by atoms with Gasteiger partial charge in [-0.3, -0.25) is 4.79 Å². The predicted molar refractivity (Wildman–Crippen MR) is 139 cm³/mol. The van der Waals surface area contributed by atoms with Crippen LogP contribution in [-0.4, -0.2) is 40.3 Å². The molecule has 10 heteroatoms. The molecule has 0 radical (unpaired) electrons. The average Bonchev–Trinajstić information content (AvgIpc) is 2.78. The first-order valence-corrected chi connectivity index (χ1v) is 13.4. The van der Waals surface area contributed by atoms with Crippen LogP contribution in [0.3, 0.4) is 0 Å². The van der Waals surface area contributed by atoms with E-state index in [0.29, 0.717) is 18.4 Å². The Hall–Kier alpha value is -2.72. The minimum absolute atomic E-state index is 0.0386. The third-order valence-corrected chi connectivity index (χ3v) is 7.42. The summed E-state index contributed by atoms with van der Waals surface area (Å²) in [6, 6.07) is 3.76. The second-order valence-corrected chi connectivity index (χ2v) is 12.2. The van der Waals surface area contributed by atoms with Crippen LogP contribution in [0.15, 0.2) is 30.5 Å². The van der Waals surface area contributed by atoms with E-state index in [0.717, 1.165) is 42.9 Å². The van der Waals surface area contributed by atoms with Crippen molar-refractivity contribution in [3.63, 3.8) is 0 Å². The fourth-order valence-electron chi connectivity index (χ4n) is 5.47. The number of pyridine rings is 1.